The van der Waals surface area contributed by atoms with Crippen LogP contribution in [0.4, 0.5) is 10.1 Å². The number of carbonyl (C=O) groups excluding carboxylic acids is 2. The number of anilines is 1. The average Bonchev–Trinajstić information content (AvgIpc) is 2.87. The van der Waals surface area contributed by atoms with E-state index in [1.807, 2.05) is 6.92 Å². The smallest absolute Gasteiger partial charge is 0.254 e. The van der Waals surface area contributed by atoms with Crippen LogP contribution in [0.1, 0.15) is 40.4 Å². The lowest BCUT2D eigenvalue weighted by molar-refractivity contribution is -0.119. The van der Waals surface area contributed by atoms with E-state index in [1.54, 1.807) is 61.6 Å². The first-order chi connectivity index (χ1) is 16.9. The minimum Gasteiger partial charge on any atom is -0.494 e. The minimum atomic E-state index is -0.920. The molecule has 7 nitrogen and oxygen atoms in total. The minimum absolute atomic E-state index is 0.246. The number of fused-ring (bicyclic) bond motifs is 1. The number of benzene rings is 3. The van der Waals surface area contributed by atoms with Gasteiger partial charge in [-0.25, -0.2) is 4.39 Å². The van der Waals surface area contributed by atoms with Crippen LogP contribution in [0.2, 0.25) is 0 Å². The Balaban J connectivity index is 1.83. The number of nitrogens with zero attached hydrogens (tertiary/aromatic N) is 1. The fourth-order valence-electron chi connectivity index (χ4n) is 4.46. The monoisotopic (exact) mass is 478 g/mol. The van der Waals surface area contributed by atoms with E-state index >= 15 is 0 Å². The van der Waals surface area contributed by atoms with Crippen LogP contribution >= 0.6 is 0 Å². The van der Waals surface area contributed by atoms with E-state index in [0.29, 0.717) is 40.7 Å². The Morgan fingerprint density at radius 3 is 2.29 bits per heavy atom. The maximum absolute atomic E-state index is 15.0. The number of ether oxygens (including phenoxy) is 3. The zero-order valence-corrected chi connectivity index (χ0v) is 20.0. The second kappa shape index (κ2) is 10.0. The molecule has 182 valence electrons. The number of amides is 2. The molecule has 0 saturated heterocycles. The van der Waals surface area contributed by atoms with Crippen molar-refractivity contribution in [2.75, 3.05) is 33.2 Å². The number of nitrogens with one attached hydrogen (secondary N) is 1. The Hall–Kier alpha value is -4.07. The Morgan fingerprint density at radius 2 is 1.66 bits per heavy atom. The largest absolute Gasteiger partial charge is 0.494 e. The Bertz CT molecular complexity index is 1240. The second-order valence-electron chi connectivity index (χ2n) is 8.10. The summed E-state index contributed by atoms with van der Waals surface area (Å²) in [5, 5.41) is 2.92. The Morgan fingerprint density at radius 1 is 1.00 bits per heavy atom. The van der Waals surface area contributed by atoms with Crippen LogP contribution in [-0.2, 0) is 4.79 Å². The summed E-state index contributed by atoms with van der Waals surface area (Å²) in [5.74, 6) is -0.747. The van der Waals surface area contributed by atoms with Crippen molar-refractivity contribution >= 4 is 17.5 Å². The van der Waals surface area contributed by atoms with Crippen molar-refractivity contribution in [1.29, 1.82) is 0 Å². The van der Waals surface area contributed by atoms with Gasteiger partial charge in [0, 0.05) is 23.9 Å². The van der Waals surface area contributed by atoms with Gasteiger partial charge in [0.15, 0.2) is 11.5 Å². The van der Waals surface area contributed by atoms with Crippen molar-refractivity contribution in [1.82, 2.24) is 4.90 Å². The molecule has 1 heterocycles. The Kier molecular flexibility index (Phi) is 6.91. The van der Waals surface area contributed by atoms with Crippen LogP contribution < -0.4 is 19.5 Å². The van der Waals surface area contributed by atoms with Gasteiger partial charge in [0.1, 0.15) is 11.6 Å². The summed E-state index contributed by atoms with van der Waals surface area (Å²) < 4.78 is 31.2. The first kappa shape index (κ1) is 24.1. The van der Waals surface area contributed by atoms with Crippen molar-refractivity contribution in [2.24, 2.45) is 0 Å². The van der Waals surface area contributed by atoms with Crippen molar-refractivity contribution in [3.63, 3.8) is 0 Å². The summed E-state index contributed by atoms with van der Waals surface area (Å²) in [7, 11) is 4.51. The van der Waals surface area contributed by atoms with E-state index in [9.17, 15) is 14.0 Å². The summed E-state index contributed by atoms with van der Waals surface area (Å²) >= 11 is 0. The summed E-state index contributed by atoms with van der Waals surface area (Å²) in [4.78, 5) is 28.5. The second-order valence-corrected chi connectivity index (χ2v) is 8.10. The summed E-state index contributed by atoms with van der Waals surface area (Å²) in [6.45, 7) is 2.42. The maximum atomic E-state index is 15.0. The molecule has 0 saturated carbocycles. The first-order valence-corrected chi connectivity index (χ1v) is 11.2. The van der Waals surface area contributed by atoms with Crippen LogP contribution in [0, 0.1) is 5.82 Å². The van der Waals surface area contributed by atoms with Gasteiger partial charge in [0.2, 0.25) is 5.91 Å². The zero-order chi connectivity index (χ0) is 25.1. The third-order valence-corrected chi connectivity index (χ3v) is 6.11. The molecule has 3 aromatic rings. The van der Waals surface area contributed by atoms with Gasteiger partial charge in [-0.2, -0.15) is 0 Å². The van der Waals surface area contributed by atoms with Gasteiger partial charge in [0.05, 0.1) is 32.8 Å². The number of rotatable bonds is 7. The van der Waals surface area contributed by atoms with E-state index in [4.69, 9.17) is 14.2 Å². The van der Waals surface area contributed by atoms with Gasteiger partial charge >= 0.3 is 0 Å². The predicted molar refractivity (Wildman–Crippen MR) is 130 cm³/mol. The predicted octanol–water partition coefficient (Wildman–Crippen LogP) is 4.79. The highest BCUT2D eigenvalue weighted by Gasteiger charge is 2.44. The van der Waals surface area contributed by atoms with Crippen LogP contribution in [-0.4, -0.2) is 44.6 Å². The highest BCUT2D eigenvalue weighted by atomic mass is 19.1. The number of hydrogen-bond acceptors (Lipinski definition) is 5. The molecular formula is C27H27FN2O5. The molecule has 0 bridgehead atoms. The lowest BCUT2D eigenvalue weighted by atomic mass is 9.79. The SMILES string of the molecule is CCOc1ccc(NC(=O)[C@@H]2c3cc(OC)c(OC)cc3C(=O)N(C)[C@@H]2c2ccccc2F)cc1. The number of carbonyl (C=O) groups is 2. The maximum Gasteiger partial charge on any atom is 0.254 e. The topological polar surface area (TPSA) is 77.1 Å². The van der Waals surface area contributed by atoms with Gasteiger partial charge in [-0.15, -0.1) is 0 Å². The molecule has 4 rings (SSSR count). The molecule has 0 fully saturated rings. The van der Waals surface area contributed by atoms with Crippen molar-refractivity contribution in [3.8, 4) is 17.2 Å². The highest BCUT2D eigenvalue weighted by molar-refractivity contribution is 6.05. The van der Waals surface area contributed by atoms with E-state index in [1.165, 1.54) is 25.2 Å². The molecule has 0 aromatic heterocycles. The summed E-state index contributed by atoms with van der Waals surface area (Å²) in [5.41, 5.74) is 1.52. The molecule has 0 radical (unpaired) electrons. The fourth-order valence-corrected chi connectivity index (χ4v) is 4.46. The number of hydrogen-bond donors (Lipinski definition) is 1. The van der Waals surface area contributed by atoms with Gasteiger partial charge in [-0.1, -0.05) is 18.2 Å². The van der Waals surface area contributed by atoms with E-state index in [2.05, 4.69) is 5.32 Å². The number of likely N-dealkylation sites (N-methyl/N-ethyl adjacent to an activating group) is 1. The molecule has 0 unspecified atom stereocenters. The van der Waals surface area contributed by atoms with E-state index < -0.39 is 23.7 Å². The molecule has 1 N–H and O–H groups in total. The number of halogens is 1. The molecule has 2 atom stereocenters. The molecular weight excluding hydrogens is 451 g/mol. The van der Waals surface area contributed by atoms with Crippen molar-refractivity contribution in [2.45, 2.75) is 18.9 Å². The lowest BCUT2D eigenvalue weighted by Crippen LogP contribution is -2.44. The highest BCUT2D eigenvalue weighted by Crippen LogP contribution is 2.46. The molecule has 1 aliphatic heterocycles. The molecule has 8 heteroatoms. The van der Waals surface area contributed by atoms with Crippen LogP contribution in [0.3, 0.4) is 0 Å². The van der Waals surface area contributed by atoms with Gasteiger partial charge in [0.25, 0.3) is 5.91 Å². The summed E-state index contributed by atoms with van der Waals surface area (Å²) in [6.07, 6.45) is 0. The van der Waals surface area contributed by atoms with Crippen LogP contribution in [0.25, 0.3) is 0 Å². The van der Waals surface area contributed by atoms with Crippen molar-refractivity contribution < 1.29 is 28.2 Å². The number of methoxy groups -OCH3 is 2. The molecule has 35 heavy (non-hydrogen) atoms. The van der Waals surface area contributed by atoms with Crippen LogP contribution in [0.5, 0.6) is 17.2 Å². The molecule has 1 aliphatic rings. The zero-order valence-electron chi connectivity index (χ0n) is 20.0. The fraction of sp³-hybridized carbons (Fsp3) is 0.259. The van der Waals surface area contributed by atoms with Gasteiger partial charge < -0.3 is 24.4 Å². The van der Waals surface area contributed by atoms with Gasteiger partial charge in [-0.3, -0.25) is 9.59 Å². The summed E-state index contributed by atoms with van der Waals surface area (Å²) in [6, 6.07) is 15.4. The molecule has 2 amide bonds. The normalized spacial score (nSPS) is 16.9. The molecule has 0 aliphatic carbocycles. The average molecular weight is 479 g/mol. The Labute approximate surface area is 203 Å². The molecule has 3 aromatic carbocycles. The third kappa shape index (κ3) is 4.51. The molecule has 0 spiro atoms. The van der Waals surface area contributed by atoms with Gasteiger partial charge in [-0.05, 0) is 55.0 Å². The third-order valence-electron chi connectivity index (χ3n) is 6.11. The lowest BCUT2D eigenvalue weighted by Gasteiger charge is -2.40. The quantitative estimate of drug-likeness (QED) is 0.528. The van der Waals surface area contributed by atoms with Crippen LogP contribution in [0.15, 0.2) is 60.7 Å². The first-order valence-electron chi connectivity index (χ1n) is 11.2. The van der Waals surface area contributed by atoms with E-state index in [-0.39, 0.29) is 11.5 Å². The van der Waals surface area contributed by atoms with E-state index in [0.717, 1.165) is 0 Å². The standard InChI is InChI=1S/C27H27FN2O5/c1-5-35-17-12-10-16(11-13-17)29-26(31)24-19-14-22(33-3)23(34-4)15-20(19)27(32)30(2)25(24)18-8-6-7-9-21(18)28/h6-15,24-25H,5H2,1-4H3,(H,29,31)/t24-,25-/m1/s1. The van der Waals surface area contributed by atoms with Crippen molar-refractivity contribution in [3.05, 3.63) is 83.2 Å².